The van der Waals surface area contributed by atoms with Crippen LogP contribution in [0, 0.1) is 0 Å². The van der Waals surface area contributed by atoms with E-state index in [1.807, 2.05) is 0 Å². The fourth-order valence-corrected chi connectivity index (χ4v) is 1.71. The minimum Gasteiger partial charge on any atom is -0.508 e. The summed E-state index contributed by atoms with van der Waals surface area (Å²) in [6.07, 6.45) is -6.05. The maximum absolute atomic E-state index is 12.2. The number of hydrogen-bond acceptors (Lipinski definition) is 2. The molecule has 1 unspecified atom stereocenters. The van der Waals surface area contributed by atoms with Crippen LogP contribution in [0.25, 0.3) is 0 Å². The van der Waals surface area contributed by atoms with Crippen LogP contribution < -0.4 is 0 Å². The van der Waals surface area contributed by atoms with E-state index >= 15 is 0 Å². The van der Waals surface area contributed by atoms with Crippen molar-refractivity contribution in [2.75, 3.05) is 0 Å². The number of phenolic OH excluding ortho intramolecular Hbond substituents is 1. The van der Waals surface area contributed by atoms with Gasteiger partial charge in [0.2, 0.25) is 0 Å². The minimum absolute atomic E-state index is 0.0881. The van der Waals surface area contributed by atoms with Gasteiger partial charge in [-0.2, -0.15) is 13.2 Å². The molecule has 0 aliphatic carbocycles. The standard InChI is InChI=1S/C12H13F3O3/c13-12(14,15)5-4-9(7-11(17)18)8-2-1-3-10(16)6-8/h1-3,6,9,16H,4-5,7H2,(H,17,18). The number of aliphatic carboxylic acids is 1. The summed E-state index contributed by atoms with van der Waals surface area (Å²) >= 11 is 0. The van der Waals surface area contributed by atoms with Crippen molar-refractivity contribution in [3.8, 4) is 5.75 Å². The zero-order valence-electron chi connectivity index (χ0n) is 9.44. The van der Waals surface area contributed by atoms with Crippen molar-refractivity contribution in [2.24, 2.45) is 0 Å². The fourth-order valence-electron chi connectivity index (χ4n) is 1.71. The molecule has 6 heteroatoms. The predicted octanol–water partition coefficient (Wildman–Crippen LogP) is 3.29. The number of halogens is 3. The van der Waals surface area contributed by atoms with Crippen molar-refractivity contribution in [3.63, 3.8) is 0 Å². The highest BCUT2D eigenvalue weighted by Crippen LogP contribution is 2.32. The number of alkyl halides is 3. The molecule has 0 heterocycles. The van der Waals surface area contributed by atoms with Gasteiger partial charge in [0, 0.05) is 6.42 Å². The number of rotatable bonds is 5. The summed E-state index contributed by atoms with van der Waals surface area (Å²) in [5, 5.41) is 18.0. The normalized spacial score (nSPS) is 13.3. The molecule has 0 bridgehead atoms. The monoisotopic (exact) mass is 262 g/mol. The van der Waals surface area contributed by atoms with Gasteiger partial charge in [-0.25, -0.2) is 0 Å². The van der Waals surface area contributed by atoms with Crippen molar-refractivity contribution in [3.05, 3.63) is 29.8 Å². The molecular formula is C12H13F3O3. The van der Waals surface area contributed by atoms with Gasteiger partial charge in [-0.1, -0.05) is 12.1 Å². The summed E-state index contributed by atoms with van der Waals surface area (Å²) in [6.45, 7) is 0. The number of phenols is 1. The Labute approximate surface area is 102 Å². The molecule has 100 valence electrons. The highest BCUT2D eigenvalue weighted by Gasteiger charge is 2.29. The maximum Gasteiger partial charge on any atom is 0.389 e. The van der Waals surface area contributed by atoms with E-state index in [2.05, 4.69) is 0 Å². The molecule has 1 atom stereocenters. The molecule has 0 fully saturated rings. The van der Waals surface area contributed by atoms with E-state index < -0.39 is 24.5 Å². The average Bonchev–Trinajstić information content (AvgIpc) is 2.22. The molecule has 0 radical (unpaired) electrons. The molecule has 18 heavy (non-hydrogen) atoms. The molecule has 0 aliphatic heterocycles. The molecule has 0 amide bonds. The zero-order valence-corrected chi connectivity index (χ0v) is 9.44. The lowest BCUT2D eigenvalue weighted by Gasteiger charge is -2.16. The van der Waals surface area contributed by atoms with Gasteiger partial charge in [0.1, 0.15) is 5.75 Å². The van der Waals surface area contributed by atoms with Gasteiger partial charge in [-0.05, 0) is 30.0 Å². The molecule has 0 spiro atoms. The van der Waals surface area contributed by atoms with Crippen molar-refractivity contribution < 1.29 is 28.2 Å². The van der Waals surface area contributed by atoms with Gasteiger partial charge in [-0.15, -0.1) is 0 Å². The van der Waals surface area contributed by atoms with Crippen molar-refractivity contribution in [1.82, 2.24) is 0 Å². The van der Waals surface area contributed by atoms with Crippen LogP contribution in [0.3, 0.4) is 0 Å². The predicted molar refractivity (Wildman–Crippen MR) is 58.4 cm³/mol. The van der Waals surface area contributed by atoms with Gasteiger partial charge in [0.25, 0.3) is 0 Å². The minimum atomic E-state index is -4.31. The third-order valence-corrected chi connectivity index (χ3v) is 2.54. The summed E-state index contributed by atoms with van der Waals surface area (Å²) in [7, 11) is 0. The van der Waals surface area contributed by atoms with Crippen LogP contribution in [0.15, 0.2) is 24.3 Å². The maximum atomic E-state index is 12.2. The summed E-state index contributed by atoms with van der Waals surface area (Å²) in [4.78, 5) is 10.6. The highest BCUT2D eigenvalue weighted by atomic mass is 19.4. The molecule has 1 aromatic carbocycles. The summed E-state index contributed by atoms with van der Waals surface area (Å²) in [6, 6.07) is 5.67. The topological polar surface area (TPSA) is 57.5 Å². The van der Waals surface area contributed by atoms with E-state index in [0.29, 0.717) is 5.56 Å². The number of aromatic hydroxyl groups is 1. The Bertz CT molecular complexity index is 415. The van der Waals surface area contributed by atoms with Crippen LogP contribution >= 0.6 is 0 Å². The third-order valence-electron chi connectivity index (χ3n) is 2.54. The van der Waals surface area contributed by atoms with Crippen molar-refractivity contribution in [1.29, 1.82) is 0 Å². The van der Waals surface area contributed by atoms with E-state index in [0.717, 1.165) is 0 Å². The molecule has 2 N–H and O–H groups in total. The Morgan fingerprint density at radius 2 is 2.00 bits per heavy atom. The van der Waals surface area contributed by atoms with Crippen LogP contribution in [0.4, 0.5) is 13.2 Å². The lowest BCUT2D eigenvalue weighted by Crippen LogP contribution is -2.12. The van der Waals surface area contributed by atoms with Gasteiger partial charge in [-0.3, -0.25) is 4.79 Å². The second-order valence-corrected chi connectivity index (χ2v) is 4.04. The zero-order chi connectivity index (χ0) is 13.8. The largest absolute Gasteiger partial charge is 0.508 e. The first kappa shape index (κ1) is 14.3. The summed E-state index contributed by atoms with van der Waals surface area (Å²) in [5.74, 6) is -2.00. The second-order valence-electron chi connectivity index (χ2n) is 4.04. The Kier molecular flexibility index (Phi) is 4.58. The number of hydrogen-bond donors (Lipinski definition) is 2. The van der Waals surface area contributed by atoms with Crippen LogP contribution in [-0.2, 0) is 4.79 Å². The third kappa shape index (κ3) is 5.07. The highest BCUT2D eigenvalue weighted by molar-refractivity contribution is 5.68. The first-order chi connectivity index (χ1) is 8.28. The number of carbonyl (C=O) groups is 1. The van der Waals surface area contributed by atoms with Gasteiger partial charge in [0.05, 0.1) is 6.42 Å². The number of carboxylic acids is 1. The van der Waals surface area contributed by atoms with Crippen LogP contribution in [0.2, 0.25) is 0 Å². The van der Waals surface area contributed by atoms with Gasteiger partial charge < -0.3 is 10.2 Å². The molecule has 0 saturated heterocycles. The smallest absolute Gasteiger partial charge is 0.389 e. The van der Waals surface area contributed by atoms with E-state index in [4.69, 9.17) is 5.11 Å². The lowest BCUT2D eigenvalue weighted by atomic mass is 9.91. The Hall–Kier alpha value is -1.72. The SMILES string of the molecule is O=C(O)CC(CCC(F)(F)F)c1cccc(O)c1. The summed E-state index contributed by atoms with van der Waals surface area (Å²) < 4.78 is 36.5. The van der Waals surface area contributed by atoms with E-state index in [1.54, 1.807) is 0 Å². The molecular weight excluding hydrogens is 249 g/mol. The van der Waals surface area contributed by atoms with E-state index in [1.165, 1.54) is 24.3 Å². The average molecular weight is 262 g/mol. The Balaban J connectivity index is 2.81. The molecule has 0 aliphatic rings. The lowest BCUT2D eigenvalue weighted by molar-refractivity contribution is -0.142. The molecule has 0 saturated carbocycles. The van der Waals surface area contributed by atoms with Crippen LogP contribution in [-0.4, -0.2) is 22.4 Å². The van der Waals surface area contributed by atoms with Crippen molar-refractivity contribution >= 4 is 5.97 Å². The van der Waals surface area contributed by atoms with Crippen molar-refractivity contribution in [2.45, 2.75) is 31.4 Å². The first-order valence-corrected chi connectivity index (χ1v) is 5.35. The molecule has 1 rings (SSSR count). The second kappa shape index (κ2) is 5.75. The molecule has 3 nitrogen and oxygen atoms in total. The summed E-state index contributed by atoms with van der Waals surface area (Å²) in [5.41, 5.74) is 0.404. The molecule has 1 aromatic rings. The quantitative estimate of drug-likeness (QED) is 0.856. The number of benzene rings is 1. The van der Waals surface area contributed by atoms with E-state index in [9.17, 15) is 23.1 Å². The number of carboxylic acid groups (broad SMARTS) is 1. The first-order valence-electron chi connectivity index (χ1n) is 5.35. The Morgan fingerprint density at radius 1 is 1.33 bits per heavy atom. The van der Waals surface area contributed by atoms with Crippen LogP contribution in [0.5, 0.6) is 5.75 Å². The van der Waals surface area contributed by atoms with Gasteiger partial charge in [0.15, 0.2) is 0 Å². The fraction of sp³-hybridized carbons (Fsp3) is 0.417. The van der Waals surface area contributed by atoms with Gasteiger partial charge >= 0.3 is 12.1 Å². The van der Waals surface area contributed by atoms with Crippen LogP contribution in [0.1, 0.15) is 30.7 Å². The molecule has 0 aromatic heterocycles. The Morgan fingerprint density at radius 3 is 2.50 bits per heavy atom. The van der Waals surface area contributed by atoms with E-state index in [-0.39, 0.29) is 18.6 Å².